The monoisotopic (exact) mass is 387 g/mol. The average Bonchev–Trinajstić information content (AvgIpc) is 3.16. The normalized spacial score (nSPS) is 16.4. The van der Waals surface area contributed by atoms with E-state index in [2.05, 4.69) is 92.3 Å². The highest BCUT2D eigenvalue weighted by molar-refractivity contribution is 5.90. The molecule has 0 saturated carbocycles. The number of hydrogen-bond donors (Lipinski definition) is 1. The van der Waals surface area contributed by atoms with E-state index in [9.17, 15) is 4.79 Å². The van der Waals surface area contributed by atoms with E-state index in [1.807, 2.05) is 17.0 Å². The van der Waals surface area contributed by atoms with Gasteiger partial charge < -0.3 is 14.8 Å². The molecule has 3 aromatic rings. The molecule has 4 rings (SSSR count). The maximum absolute atomic E-state index is 13.2. The lowest BCUT2D eigenvalue weighted by Gasteiger charge is -2.37. The SMILES string of the molecule is Cc1ccc([C@H]2c3cccn3CCN2C(=O)Nc2ccc(C(C)(C)C)cc2)cc1. The van der Waals surface area contributed by atoms with Crippen LogP contribution in [0.3, 0.4) is 0 Å². The molecule has 1 aliphatic rings. The van der Waals surface area contributed by atoms with E-state index in [1.165, 1.54) is 11.1 Å². The van der Waals surface area contributed by atoms with E-state index in [1.54, 1.807) is 0 Å². The van der Waals surface area contributed by atoms with Crippen LogP contribution in [0.15, 0.2) is 66.9 Å². The summed E-state index contributed by atoms with van der Waals surface area (Å²) in [5.41, 5.74) is 5.68. The van der Waals surface area contributed by atoms with Gasteiger partial charge in [-0.15, -0.1) is 0 Å². The Morgan fingerprint density at radius 3 is 2.31 bits per heavy atom. The Kier molecular flexibility index (Phi) is 4.95. The largest absolute Gasteiger partial charge is 0.348 e. The van der Waals surface area contributed by atoms with Gasteiger partial charge in [-0.3, -0.25) is 0 Å². The summed E-state index contributed by atoms with van der Waals surface area (Å²) in [4.78, 5) is 15.2. The number of urea groups is 1. The Morgan fingerprint density at radius 1 is 0.966 bits per heavy atom. The van der Waals surface area contributed by atoms with Crippen LogP contribution in [0.4, 0.5) is 10.5 Å². The number of carbonyl (C=O) groups is 1. The molecule has 2 amide bonds. The molecule has 4 nitrogen and oxygen atoms in total. The number of benzene rings is 2. The molecule has 0 fully saturated rings. The number of fused-ring (bicyclic) bond motifs is 1. The second kappa shape index (κ2) is 7.43. The number of hydrogen-bond acceptors (Lipinski definition) is 1. The Labute approximate surface area is 173 Å². The van der Waals surface area contributed by atoms with Gasteiger partial charge in [0.05, 0.1) is 6.04 Å². The molecule has 0 radical (unpaired) electrons. The second-order valence-corrected chi connectivity index (χ2v) is 8.89. The van der Waals surface area contributed by atoms with Crippen molar-refractivity contribution in [2.45, 2.75) is 45.7 Å². The van der Waals surface area contributed by atoms with Crippen molar-refractivity contribution in [3.05, 3.63) is 89.2 Å². The molecule has 1 aliphatic heterocycles. The van der Waals surface area contributed by atoms with Gasteiger partial charge in [0, 0.05) is 30.7 Å². The van der Waals surface area contributed by atoms with Gasteiger partial charge in [0.25, 0.3) is 0 Å². The van der Waals surface area contributed by atoms with Crippen molar-refractivity contribution in [2.75, 3.05) is 11.9 Å². The third-order valence-corrected chi connectivity index (χ3v) is 5.69. The highest BCUT2D eigenvalue weighted by atomic mass is 16.2. The number of anilines is 1. The van der Waals surface area contributed by atoms with E-state index >= 15 is 0 Å². The van der Waals surface area contributed by atoms with Crippen molar-refractivity contribution in [2.24, 2.45) is 0 Å². The summed E-state index contributed by atoms with van der Waals surface area (Å²) in [5, 5.41) is 3.10. The topological polar surface area (TPSA) is 37.3 Å². The van der Waals surface area contributed by atoms with E-state index < -0.39 is 0 Å². The highest BCUT2D eigenvalue weighted by Crippen LogP contribution is 2.33. The third kappa shape index (κ3) is 3.93. The molecule has 4 heteroatoms. The zero-order valence-corrected chi connectivity index (χ0v) is 17.6. The molecule has 0 spiro atoms. The fraction of sp³-hybridized carbons (Fsp3) is 0.320. The predicted molar refractivity (Wildman–Crippen MR) is 118 cm³/mol. The van der Waals surface area contributed by atoms with Crippen molar-refractivity contribution >= 4 is 11.7 Å². The van der Waals surface area contributed by atoms with Crippen LogP contribution in [0.2, 0.25) is 0 Å². The maximum Gasteiger partial charge on any atom is 0.322 e. The van der Waals surface area contributed by atoms with Crippen molar-refractivity contribution in [3.63, 3.8) is 0 Å². The molecule has 0 bridgehead atoms. The quantitative estimate of drug-likeness (QED) is 0.599. The fourth-order valence-corrected chi connectivity index (χ4v) is 3.95. The Hall–Kier alpha value is -3.01. The van der Waals surface area contributed by atoms with Crippen LogP contribution in [0.25, 0.3) is 0 Å². The molecular formula is C25H29N3O. The van der Waals surface area contributed by atoms with Gasteiger partial charge in [-0.1, -0.05) is 62.7 Å². The number of aromatic nitrogens is 1. The molecule has 150 valence electrons. The minimum atomic E-state index is -0.0896. The Bertz CT molecular complexity index is 994. The predicted octanol–water partition coefficient (Wildman–Crippen LogP) is 5.73. The van der Waals surface area contributed by atoms with Crippen molar-refractivity contribution in [1.82, 2.24) is 9.47 Å². The van der Waals surface area contributed by atoms with Crippen molar-refractivity contribution in [3.8, 4) is 0 Å². The summed E-state index contributed by atoms with van der Waals surface area (Å²) < 4.78 is 2.24. The van der Waals surface area contributed by atoms with Gasteiger partial charge in [0.2, 0.25) is 0 Å². The lowest BCUT2D eigenvalue weighted by Crippen LogP contribution is -2.44. The highest BCUT2D eigenvalue weighted by Gasteiger charge is 2.32. The third-order valence-electron chi connectivity index (χ3n) is 5.69. The van der Waals surface area contributed by atoms with Crippen molar-refractivity contribution in [1.29, 1.82) is 0 Å². The standard InChI is InChI=1S/C25H29N3O/c1-18-7-9-19(10-8-18)23-22-6-5-15-27(22)16-17-28(23)24(29)26-21-13-11-20(12-14-21)25(2,3)4/h5-15,23H,16-17H2,1-4H3,(H,26,29)/t23-/m0/s1. The molecule has 0 aliphatic carbocycles. The van der Waals surface area contributed by atoms with E-state index in [0.29, 0.717) is 6.54 Å². The summed E-state index contributed by atoms with van der Waals surface area (Å²) >= 11 is 0. The number of nitrogens with one attached hydrogen (secondary N) is 1. The van der Waals surface area contributed by atoms with Crippen LogP contribution in [0, 0.1) is 6.92 Å². The second-order valence-electron chi connectivity index (χ2n) is 8.89. The van der Waals surface area contributed by atoms with Crippen LogP contribution in [0.5, 0.6) is 0 Å². The minimum Gasteiger partial charge on any atom is -0.348 e. The molecule has 1 N–H and O–H groups in total. The van der Waals surface area contributed by atoms with Gasteiger partial charge in [0.15, 0.2) is 0 Å². The van der Waals surface area contributed by atoms with Crippen LogP contribution in [0.1, 0.15) is 49.2 Å². The van der Waals surface area contributed by atoms with Crippen LogP contribution >= 0.6 is 0 Å². The van der Waals surface area contributed by atoms with Gasteiger partial charge in [0.1, 0.15) is 0 Å². The average molecular weight is 388 g/mol. The number of amides is 2. The Balaban J connectivity index is 1.60. The molecular weight excluding hydrogens is 358 g/mol. The van der Waals surface area contributed by atoms with Gasteiger partial charge in [-0.2, -0.15) is 0 Å². The lowest BCUT2D eigenvalue weighted by molar-refractivity contribution is 0.182. The summed E-state index contributed by atoms with van der Waals surface area (Å²) in [6.45, 7) is 10.1. The smallest absolute Gasteiger partial charge is 0.322 e. The summed E-state index contributed by atoms with van der Waals surface area (Å²) in [7, 11) is 0. The molecule has 0 saturated heterocycles. The van der Waals surface area contributed by atoms with E-state index in [4.69, 9.17) is 0 Å². The van der Waals surface area contributed by atoms with Crippen LogP contribution < -0.4 is 5.32 Å². The minimum absolute atomic E-state index is 0.0634. The number of aryl methyl sites for hydroxylation is 1. The van der Waals surface area contributed by atoms with Gasteiger partial charge in [-0.25, -0.2) is 4.79 Å². The summed E-state index contributed by atoms with van der Waals surface area (Å²) in [6, 6.07) is 20.7. The Morgan fingerprint density at radius 2 is 1.66 bits per heavy atom. The lowest BCUT2D eigenvalue weighted by atomic mass is 9.87. The maximum atomic E-state index is 13.2. The fourth-order valence-electron chi connectivity index (χ4n) is 3.95. The first kappa shape index (κ1) is 19.3. The zero-order chi connectivity index (χ0) is 20.6. The van der Waals surface area contributed by atoms with Gasteiger partial charge in [-0.05, 0) is 47.7 Å². The molecule has 2 heterocycles. The van der Waals surface area contributed by atoms with Crippen LogP contribution in [-0.2, 0) is 12.0 Å². The van der Waals surface area contributed by atoms with E-state index in [0.717, 1.165) is 23.5 Å². The zero-order valence-electron chi connectivity index (χ0n) is 17.6. The van der Waals surface area contributed by atoms with Crippen LogP contribution in [-0.4, -0.2) is 22.0 Å². The number of carbonyl (C=O) groups excluding carboxylic acids is 1. The molecule has 29 heavy (non-hydrogen) atoms. The first-order valence-electron chi connectivity index (χ1n) is 10.2. The van der Waals surface area contributed by atoms with Crippen molar-refractivity contribution < 1.29 is 4.79 Å². The first-order valence-corrected chi connectivity index (χ1v) is 10.2. The summed E-state index contributed by atoms with van der Waals surface area (Å²) in [5.74, 6) is 0. The molecule has 1 atom stereocenters. The first-order chi connectivity index (χ1) is 13.8. The number of nitrogens with zero attached hydrogens (tertiary/aromatic N) is 2. The molecule has 0 unspecified atom stereocenters. The number of rotatable bonds is 2. The van der Waals surface area contributed by atoms with E-state index in [-0.39, 0.29) is 17.5 Å². The summed E-state index contributed by atoms with van der Waals surface area (Å²) in [6.07, 6.45) is 2.09. The molecule has 1 aromatic heterocycles. The molecule has 2 aromatic carbocycles. The van der Waals surface area contributed by atoms with Gasteiger partial charge >= 0.3 is 6.03 Å².